The fraction of sp³-hybridized carbons (Fsp3) is 0.412. The first-order valence-electron chi connectivity index (χ1n) is 6.76. The summed E-state index contributed by atoms with van der Waals surface area (Å²) in [4.78, 5) is 0. The lowest BCUT2D eigenvalue weighted by Gasteiger charge is -2.18. The predicted octanol–water partition coefficient (Wildman–Crippen LogP) is 5.23. The molecule has 1 aliphatic carbocycles. The van der Waals surface area contributed by atoms with Gasteiger partial charge in [-0.2, -0.15) is 0 Å². The fourth-order valence-electron chi connectivity index (χ4n) is 2.52. The van der Waals surface area contributed by atoms with Crippen LogP contribution in [0.2, 0.25) is 0 Å². The number of hydrogen-bond donors (Lipinski definition) is 0. The quantitative estimate of drug-likeness (QED) is 0.619. The van der Waals surface area contributed by atoms with Crippen LogP contribution >= 0.6 is 0 Å². The molecule has 0 radical (unpaired) electrons. The monoisotopic (exact) mass is 226 g/mol. The van der Waals surface area contributed by atoms with Crippen LogP contribution in [-0.2, 0) is 0 Å². The molecule has 2 rings (SSSR count). The lowest BCUT2D eigenvalue weighted by molar-refractivity contribution is 0.418. The Bertz CT molecular complexity index is 378. The molecule has 1 aromatic rings. The summed E-state index contributed by atoms with van der Waals surface area (Å²) in [5.41, 5.74) is 2.68. The fourth-order valence-corrected chi connectivity index (χ4v) is 2.52. The molecule has 0 spiro atoms. The summed E-state index contributed by atoms with van der Waals surface area (Å²) in [6.07, 6.45) is 13.9. The molecule has 1 fully saturated rings. The van der Waals surface area contributed by atoms with Crippen molar-refractivity contribution in [3.05, 3.63) is 53.6 Å². The number of benzene rings is 1. The number of allylic oxidation sites excluding steroid dienone is 3. The van der Waals surface area contributed by atoms with E-state index >= 15 is 0 Å². The summed E-state index contributed by atoms with van der Waals surface area (Å²) in [5, 5.41) is 0. The zero-order valence-corrected chi connectivity index (χ0v) is 10.7. The number of hydrogen-bond acceptors (Lipinski definition) is 0. The van der Waals surface area contributed by atoms with Gasteiger partial charge in [0.25, 0.3) is 0 Å². The SMILES string of the molecule is CC(/C=C/c1ccccc1)=C\C1CCCCC1. The van der Waals surface area contributed by atoms with Crippen molar-refractivity contribution >= 4 is 6.08 Å². The Morgan fingerprint density at radius 2 is 1.76 bits per heavy atom. The first kappa shape index (κ1) is 12.2. The molecular weight excluding hydrogens is 204 g/mol. The topological polar surface area (TPSA) is 0 Å². The van der Waals surface area contributed by atoms with E-state index in [0.29, 0.717) is 0 Å². The van der Waals surface area contributed by atoms with Crippen LogP contribution < -0.4 is 0 Å². The standard InChI is InChI=1S/C17H22/c1-15(14-17-10-6-3-7-11-17)12-13-16-8-4-2-5-9-16/h2,4-5,8-9,12-14,17H,3,6-7,10-11H2,1H3/b13-12+,15-14+. The predicted molar refractivity (Wildman–Crippen MR) is 75.8 cm³/mol. The van der Waals surface area contributed by atoms with Gasteiger partial charge in [0.2, 0.25) is 0 Å². The van der Waals surface area contributed by atoms with Crippen LogP contribution in [-0.4, -0.2) is 0 Å². The molecule has 0 N–H and O–H groups in total. The average molecular weight is 226 g/mol. The smallest absolute Gasteiger partial charge is 0.0228 e. The summed E-state index contributed by atoms with van der Waals surface area (Å²) in [5.74, 6) is 0.823. The number of rotatable bonds is 3. The molecule has 0 heteroatoms. The molecule has 1 aromatic carbocycles. The maximum atomic E-state index is 2.46. The van der Waals surface area contributed by atoms with Gasteiger partial charge in [-0.1, -0.05) is 73.4 Å². The molecule has 0 unspecified atom stereocenters. The van der Waals surface area contributed by atoms with E-state index in [1.165, 1.54) is 43.2 Å². The highest BCUT2D eigenvalue weighted by atomic mass is 14.2. The largest absolute Gasteiger partial charge is 0.0785 e. The third kappa shape index (κ3) is 4.22. The van der Waals surface area contributed by atoms with Crippen molar-refractivity contribution in [3.8, 4) is 0 Å². The highest BCUT2D eigenvalue weighted by Gasteiger charge is 2.10. The van der Waals surface area contributed by atoms with Gasteiger partial charge in [-0.25, -0.2) is 0 Å². The van der Waals surface area contributed by atoms with Crippen LogP contribution in [0.25, 0.3) is 6.08 Å². The molecule has 90 valence electrons. The van der Waals surface area contributed by atoms with E-state index in [9.17, 15) is 0 Å². The second-order valence-corrected chi connectivity index (χ2v) is 5.05. The van der Waals surface area contributed by atoms with Crippen LogP contribution in [0.3, 0.4) is 0 Å². The maximum absolute atomic E-state index is 2.46. The second-order valence-electron chi connectivity index (χ2n) is 5.05. The van der Waals surface area contributed by atoms with Crippen LogP contribution in [0, 0.1) is 5.92 Å². The van der Waals surface area contributed by atoms with Gasteiger partial charge in [-0.3, -0.25) is 0 Å². The molecule has 0 atom stereocenters. The van der Waals surface area contributed by atoms with E-state index in [0.717, 1.165) is 5.92 Å². The zero-order valence-electron chi connectivity index (χ0n) is 10.7. The van der Waals surface area contributed by atoms with Gasteiger partial charge in [-0.05, 0) is 31.2 Å². The van der Waals surface area contributed by atoms with E-state index in [-0.39, 0.29) is 0 Å². The van der Waals surface area contributed by atoms with Crippen LogP contribution in [0.15, 0.2) is 48.1 Å². The van der Waals surface area contributed by atoms with E-state index in [2.05, 4.69) is 55.5 Å². The summed E-state index contributed by atoms with van der Waals surface area (Å²) < 4.78 is 0. The highest BCUT2D eigenvalue weighted by Crippen LogP contribution is 2.25. The van der Waals surface area contributed by atoms with Crippen LogP contribution in [0.4, 0.5) is 0 Å². The molecule has 17 heavy (non-hydrogen) atoms. The summed E-state index contributed by atoms with van der Waals surface area (Å²) in [6.45, 7) is 2.22. The Hall–Kier alpha value is -1.30. The second kappa shape index (κ2) is 6.44. The molecule has 0 saturated heterocycles. The minimum absolute atomic E-state index is 0.823. The van der Waals surface area contributed by atoms with Crippen molar-refractivity contribution in [3.63, 3.8) is 0 Å². The van der Waals surface area contributed by atoms with E-state index in [1.54, 1.807) is 0 Å². The molecule has 1 aliphatic rings. The third-order valence-electron chi connectivity index (χ3n) is 3.49. The Morgan fingerprint density at radius 3 is 2.47 bits per heavy atom. The van der Waals surface area contributed by atoms with Gasteiger partial charge in [0, 0.05) is 0 Å². The Kier molecular flexibility index (Phi) is 4.61. The van der Waals surface area contributed by atoms with Crippen molar-refractivity contribution in [1.82, 2.24) is 0 Å². The molecular formula is C17H22. The average Bonchev–Trinajstić information content (AvgIpc) is 2.39. The summed E-state index contributed by atoms with van der Waals surface area (Å²) in [6, 6.07) is 10.5. The van der Waals surface area contributed by atoms with Crippen LogP contribution in [0.5, 0.6) is 0 Å². The van der Waals surface area contributed by atoms with Gasteiger partial charge in [0.1, 0.15) is 0 Å². The Morgan fingerprint density at radius 1 is 1.06 bits per heavy atom. The molecule has 0 amide bonds. The molecule has 0 aromatic heterocycles. The normalized spacial score (nSPS) is 18.8. The van der Waals surface area contributed by atoms with Crippen molar-refractivity contribution in [2.45, 2.75) is 39.0 Å². The molecule has 0 bridgehead atoms. The van der Waals surface area contributed by atoms with Crippen molar-refractivity contribution in [1.29, 1.82) is 0 Å². The molecule has 0 aliphatic heterocycles. The van der Waals surface area contributed by atoms with E-state index < -0.39 is 0 Å². The van der Waals surface area contributed by atoms with E-state index in [1.807, 2.05) is 0 Å². The molecule has 0 heterocycles. The minimum Gasteiger partial charge on any atom is -0.0785 e. The summed E-state index contributed by atoms with van der Waals surface area (Å²) >= 11 is 0. The van der Waals surface area contributed by atoms with Crippen LogP contribution in [0.1, 0.15) is 44.6 Å². The lowest BCUT2D eigenvalue weighted by Crippen LogP contribution is -2.03. The Labute approximate surface area is 105 Å². The zero-order chi connectivity index (χ0) is 11.9. The highest BCUT2D eigenvalue weighted by molar-refractivity contribution is 5.52. The molecule has 0 nitrogen and oxygen atoms in total. The first-order valence-corrected chi connectivity index (χ1v) is 6.76. The van der Waals surface area contributed by atoms with Gasteiger partial charge in [0.15, 0.2) is 0 Å². The van der Waals surface area contributed by atoms with Gasteiger partial charge < -0.3 is 0 Å². The Balaban J connectivity index is 1.93. The lowest BCUT2D eigenvalue weighted by atomic mass is 9.88. The van der Waals surface area contributed by atoms with Gasteiger partial charge in [0.05, 0.1) is 0 Å². The van der Waals surface area contributed by atoms with Crippen molar-refractivity contribution < 1.29 is 0 Å². The minimum atomic E-state index is 0.823. The van der Waals surface area contributed by atoms with Gasteiger partial charge in [-0.15, -0.1) is 0 Å². The van der Waals surface area contributed by atoms with Crippen molar-refractivity contribution in [2.75, 3.05) is 0 Å². The molecule has 1 saturated carbocycles. The van der Waals surface area contributed by atoms with Crippen molar-refractivity contribution in [2.24, 2.45) is 5.92 Å². The van der Waals surface area contributed by atoms with E-state index in [4.69, 9.17) is 0 Å². The first-order chi connectivity index (χ1) is 8.34. The van der Waals surface area contributed by atoms with Gasteiger partial charge >= 0.3 is 0 Å². The third-order valence-corrected chi connectivity index (χ3v) is 3.49. The maximum Gasteiger partial charge on any atom is -0.0228 e. The summed E-state index contributed by atoms with van der Waals surface area (Å²) in [7, 11) is 0.